The highest BCUT2D eigenvalue weighted by Gasteiger charge is 2.20. The molecule has 0 radical (unpaired) electrons. The zero-order chi connectivity index (χ0) is 21.1. The lowest BCUT2D eigenvalue weighted by Gasteiger charge is -2.21. The fraction of sp³-hybridized carbons (Fsp3) is 0.375. The molecule has 3 aromatic rings. The third kappa shape index (κ3) is 4.28. The van der Waals surface area contributed by atoms with E-state index in [1.165, 1.54) is 4.90 Å². The molecule has 1 aliphatic rings. The average Bonchev–Trinajstić information content (AvgIpc) is 2.99. The molecule has 0 spiro atoms. The summed E-state index contributed by atoms with van der Waals surface area (Å²) >= 11 is 0. The lowest BCUT2D eigenvalue weighted by atomic mass is 10.1. The Labute approximate surface area is 176 Å². The van der Waals surface area contributed by atoms with E-state index >= 15 is 0 Å². The van der Waals surface area contributed by atoms with Gasteiger partial charge in [-0.05, 0) is 36.6 Å². The van der Waals surface area contributed by atoms with Crippen molar-refractivity contribution in [2.24, 2.45) is 0 Å². The van der Waals surface area contributed by atoms with Crippen LogP contribution in [-0.2, 0) is 13.0 Å². The van der Waals surface area contributed by atoms with Gasteiger partial charge < -0.3 is 10.2 Å². The number of amides is 1. The number of rotatable bonds is 5. The lowest BCUT2D eigenvalue weighted by molar-refractivity contribution is -0.860. The minimum absolute atomic E-state index is 0.00206. The summed E-state index contributed by atoms with van der Waals surface area (Å²) in [5.74, 6) is 0.685. The maximum Gasteiger partial charge on any atom is 0.261 e. The summed E-state index contributed by atoms with van der Waals surface area (Å²) in [6.07, 6.45) is 3.98. The summed E-state index contributed by atoms with van der Waals surface area (Å²) < 4.78 is 1.81. The molecular weight excluding hydrogens is 376 g/mol. The van der Waals surface area contributed by atoms with Gasteiger partial charge in [0.2, 0.25) is 0 Å². The SMILES string of the molecule is C[NH+](C)C[C@H](NC(=O)c1ccc2c(=O)n3c(nc2c1)CCCCC3)c1ccccc1. The number of likely N-dealkylation sites (N-methyl/N-ethyl adjacent to an activating group) is 1. The van der Waals surface area contributed by atoms with Crippen LogP contribution in [0.5, 0.6) is 0 Å². The van der Waals surface area contributed by atoms with E-state index in [0.717, 1.165) is 50.2 Å². The summed E-state index contributed by atoms with van der Waals surface area (Å²) in [6, 6.07) is 15.1. The highest BCUT2D eigenvalue weighted by molar-refractivity contribution is 5.97. The molecule has 0 bridgehead atoms. The second-order valence-electron chi connectivity index (χ2n) is 8.38. The van der Waals surface area contributed by atoms with Gasteiger partial charge in [0.15, 0.2) is 0 Å². The minimum atomic E-state index is -0.149. The standard InChI is InChI=1S/C24H28N4O2/c1-27(2)16-21(17-9-5-3-6-10-17)26-23(29)18-12-13-19-20(15-18)25-22-11-7-4-8-14-28(22)24(19)30/h3,5-6,9-10,12-13,15,21H,4,7-8,11,14,16H2,1-2H3,(H,26,29)/p+1/t21-/m0/s1. The van der Waals surface area contributed by atoms with Crippen LogP contribution in [-0.4, -0.2) is 36.1 Å². The van der Waals surface area contributed by atoms with Crippen molar-refractivity contribution in [1.29, 1.82) is 0 Å². The van der Waals surface area contributed by atoms with E-state index < -0.39 is 0 Å². The predicted octanol–water partition coefficient (Wildman–Crippen LogP) is 1.74. The number of hydrogen-bond donors (Lipinski definition) is 2. The fourth-order valence-corrected chi connectivity index (χ4v) is 4.15. The summed E-state index contributed by atoms with van der Waals surface area (Å²) in [4.78, 5) is 32.0. The molecule has 0 saturated heterocycles. The summed E-state index contributed by atoms with van der Waals surface area (Å²) in [5.41, 5.74) is 2.22. The van der Waals surface area contributed by atoms with Crippen LogP contribution >= 0.6 is 0 Å². The molecule has 2 heterocycles. The van der Waals surface area contributed by atoms with Crippen molar-refractivity contribution < 1.29 is 9.69 Å². The van der Waals surface area contributed by atoms with Gasteiger partial charge >= 0.3 is 0 Å². The second kappa shape index (κ2) is 8.79. The zero-order valence-electron chi connectivity index (χ0n) is 17.6. The number of fused-ring (bicyclic) bond motifs is 2. The van der Waals surface area contributed by atoms with Crippen molar-refractivity contribution in [2.45, 2.75) is 38.3 Å². The molecule has 1 aliphatic heterocycles. The molecule has 30 heavy (non-hydrogen) atoms. The summed E-state index contributed by atoms with van der Waals surface area (Å²) in [5, 5.41) is 3.74. The zero-order valence-corrected chi connectivity index (χ0v) is 17.6. The Morgan fingerprint density at radius 1 is 1.13 bits per heavy atom. The number of aromatic nitrogens is 2. The number of carbonyl (C=O) groups excluding carboxylic acids is 1. The third-order valence-corrected chi connectivity index (χ3v) is 5.70. The van der Waals surface area contributed by atoms with Crippen LogP contribution in [0, 0.1) is 0 Å². The first-order chi connectivity index (χ1) is 14.5. The van der Waals surface area contributed by atoms with E-state index in [1.807, 2.05) is 30.3 Å². The second-order valence-corrected chi connectivity index (χ2v) is 8.38. The number of carbonyl (C=O) groups is 1. The van der Waals surface area contributed by atoms with Gasteiger partial charge in [0.1, 0.15) is 18.4 Å². The molecule has 156 valence electrons. The predicted molar refractivity (Wildman–Crippen MR) is 118 cm³/mol. The van der Waals surface area contributed by atoms with Crippen LogP contribution in [0.2, 0.25) is 0 Å². The van der Waals surface area contributed by atoms with Gasteiger partial charge in [-0.15, -0.1) is 0 Å². The number of quaternary nitrogens is 1. The Morgan fingerprint density at radius 2 is 1.93 bits per heavy atom. The molecule has 0 fully saturated rings. The Balaban J connectivity index is 1.65. The molecule has 4 rings (SSSR count). The lowest BCUT2D eigenvalue weighted by Crippen LogP contribution is -3.06. The normalized spacial score (nSPS) is 14.9. The number of hydrogen-bond acceptors (Lipinski definition) is 3. The van der Waals surface area contributed by atoms with Crippen molar-refractivity contribution in [1.82, 2.24) is 14.9 Å². The molecule has 2 aromatic carbocycles. The van der Waals surface area contributed by atoms with Gasteiger partial charge in [-0.2, -0.15) is 0 Å². The van der Waals surface area contributed by atoms with Crippen LogP contribution in [0.4, 0.5) is 0 Å². The molecule has 1 aromatic heterocycles. The number of aryl methyl sites for hydroxylation is 1. The van der Waals surface area contributed by atoms with Crippen LogP contribution < -0.4 is 15.8 Å². The molecule has 1 amide bonds. The topological polar surface area (TPSA) is 68.4 Å². The largest absolute Gasteiger partial charge is 0.340 e. The van der Waals surface area contributed by atoms with E-state index in [2.05, 4.69) is 19.4 Å². The fourth-order valence-electron chi connectivity index (χ4n) is 4.15. The van der Waals surface area contributed by atoms with Crippen molar-refractivity contribution in [3.63, 3.8) is 0 Å². The van der Waals surface area contributed by atoms with Crippen molar-refractivity contribution in [3.05, 3.63) is 75.8 Å². The van der Waals surface area contributed by atoms with E-state index in [-0.39, 0.29) is 17.5 Å². The Bertz CT molecular complexity index is 1110. The molecule has 6 heteroatoms. The van der Waals surface area contributed by atoms with E-state index in [9.17, 15) is 9.59 Å². The highest BCUT2D eigenvalue weighted by atomic mass is 16.1. The number of benzene rings is 2. The van der Waals surface area contributed by atoms with Gasteiger partial charge in [-0.3, -0.25) is 14.2 Å². The molecule has 1 atom stereocenters. The van der Waals surface area contributed by atoms with Crippen molar-refractivity contribution in [2.75, 3.05) is 20.6 Å². The molecular formula is C24H29N4O2+. The van der Waals surface area contributed by atoms with Crippen molar-refractivity contribution >= 4 is 16.8 Å². The first kappa shape index (κ1) is 20.3. The number of nitrogens with one attached hydrogen (secondary N) is 2. The maximum atomic E-state index is 13.1. The molecule has 0 aliphatic carbocycles. The first-order valence-electron chi connectivity index (χ1n) is 10.7. The van der Waals surface area contributed by atoms with E-state index in [4.69, 9.17) is 4.98 Å². The van der Waals surface area contributed by atoms with Crippen molar-refractivity contribution in [3.8, 4) is 0 Å². The minimum Gasteiger partial charge on any atom is -0.340 e. The maximum absolute atomic E-state index is 13.1. The Hall–Kier alpha value is -2.99. The molecule has 6 nitrogen and oxygen atoms in total. The Kier molecular flexibility index (Phi) is 5.95. The van der Waals surface area contributed by atoms with Gasteiger partial charge in [-0.1, -0.05) is 36.8 Å². The highest BCUT2D eigenvalue weighted by Crippen LogP contribution is 2.17. The van der Waals surface area contributed by atoms with Crippen LogP contribution in [0.25, 0.3) is 10.9 Å². The van der Waals surface area contributed by atoms with Crippen LogP contribution in [0.1, 0.15) is 47.1 Å². The third-order valence-electron chi connectivity index (χ3n) is 5.70. The van der Waals surface area contributed by atoms with Crippen LogP contribution in [0.15, 0.2) is 53.3 Å². The molecule has 0 unspecified atom stereocenters. The van der Waals surface area contributed by atoms with Gasteiger partial charge in [0.05, 0.1) is 25.0 Å². The average molecular weight is 406 g/mol. The first-order valence-corrected chi connectivity index (χ1v) is 10.7. The summed E-state index contributed by atoms with van der Waals surface area (Å²) in [6.45, 7) is 1.50. The van der Waals surface area contributed by atoms with Gasteiger partial charge in [0, 0.05) is 18.5 Å². The summed E-state index contributed by atoms with van der Waals surface area (Å²) in [7, 11) is 4.14. The molecule has 0 saturated carbocycles. The number of nitrogens with zero attached hydrogens (tertiary/aromatic N) is 2. The van der Waals surface area contributed by atoms with Gasteiger partial charge in [0.25, 0.3) is 11.5 Å². The van der Waals surface area contributed by atoms with Gasteiger partial charge in [-0.25, -0.2) is 4.98 Å². The smallest absolute Gasteiger partial charge is 0.261 e. The van der Waals surface area contributed by atoms with Crippen LogP contribution in [0.3, 0.4) is 0 Å². The Morgan fingerprint density at radius 3 is 2.70 bits per heavy atom. The van der Waals surface area contributed by atoms with E-state index in [1.54, 1.807) is 22.8 Å². The monoisotopic (exact) mass is 405 g/mol. The molecule has 2 N–H and O–H groups in total. The van der Waals surface area contributed by atoms with E-state index in [0.29, 0.717) is 16.5 Å². The quantitative estimate of drug-likeness (QED) is 0.679.